The molecule has 0 bridgehead atoms. The van der Waals surface area contributed by atoms with Crippen molar-refractivity contribution < 1.29 is 9.47 Å². The van der Waals surface area contributed by atoms with E-state index in [0.717, 1.165) is 28.3 Å². The molecule has 3 aromatic rings. The van der Waals surface area contributed by atoms with Gasteiger partial charge in [-0.15, -0.1) is 10.2 Å². The van der Waals surface area contributed by atoms with Crippen LogP contribution >= 0.6 is 0 Å². The third kappa shape index (κ3) is 3.62. The monoisotopic (exact) mass is 348 g/mol. The zero-order valence-electron chi connectivity index (χ0n) is 14.2. The third-order valence-corrected chi connectivity index (χ3v) is 3.69. The first-order valence-corrected chi connectivity index (χ1v) is 7.68. The number of aromatic nitrogens is 4. The molecule has 0 radical (unpaired) electrons. The summed E-state index contributed by atoms with van der Waals surface area (Å²) >= 11 is 0. The molecule has 0 saturated carbocycles. The maximum atomic E-state index is 9.16. The third-order valence-electron chi connectivity index (χ3n) is 3.69. The van der Waals surface area contributed by atoms with E-state index < -0.39 is 0 Å². The number of rotatable bonds is 6. The van der Waals surface area contributed by atoms with E-state index in [1.807, 2.05) is 48.5 Å². The second-order valence-corrected chi connectivity index (χ2v) is 5.19. The van der Waals surface area contributed by atoms with Crippen molar-refractivity contribution in [1.29, 1.82) is 5.26 Å². The number of anilines is 1. The predicted molar refractivity (Wildman–Crippen MR) is 96.4 cm³/mol. The molecular formula is C18H16N6O2. The number of benzene rings is 2. The molecule has 0 unspecified atom stereocenters. The van der Waals surface area contributed by atoms with Gasteiger partial charge >= 0.3 is 0 Å². The molecule has 8 heteroatoms. The van der Waals surface area contributed by atoms with E-state index in [-0.39, 0.29) is 11.4 Å². The first-order valence-electron chi connectivity index (χ1n) is 7.68. The van der Waals surface area contributed by atoms with Crippen molar-refractivity contribution in [3.63, 3.8) is 0 Å². The summed E-state index contributed by atoms with van der Waals surface area (Å²) in [6, 6.07) is 15.4. The molecule has 1 heterocycles. The van der Waals surface area contributed by atoms with Crippen molar-refractivity contribution in [3.05, 3.63) is 54.5 Å². The van der Waals surface area contributed by atoms with Crippen molar-refractivity contribution in [1.82, 2.24) is 20.6 Å². The molecule has 130 valence electrons. The number of tetrazole rings is 1. The molecule has 3 rings (SSSR count). The molecule has 0 fully saturated rings. The van der Waals surface area contributed by atoms with Crippen LogP contribution in [0.3, 0.4) is 0 Å². The van der Waals surface area contributed by atoms with Crippen molar-refractivity contribution in [2.24, 2.45) is 0 Å². The van der Waals surface area contributed by atoms with Crippen LogP contribution in [0.1, 0.15) is 5.82 Å². The quantitative estimate of drug-likeness (QED) is 0.659. The van der Waals surface area contributed by atoms with Gasteiger partial charge in [0.15, 0.2) is 0 Å². The van der Waals surface area contributed by atoms with Gasteiger partial charge in [0.25, 0.3) is 0 Å². The molecule has 8 nitrogen and oxygen atoms in total. The van der Waals surface area contributed by atoms with E-state index in [9.17, 15) is 0 Å². The van der Waals surface area contributed by atoms with Crippen LogP contribution in [0.15, 0.2) is 48.7 Å². The van der Waals surface area contributed by atoms with Crippen LogP contribution in [-0.4, -0.2) is 34.8 Å². The van der Waals surface area contributed by atoms with E-state index in [0.29, 0.717) is 0 Å². The average Bonchev–Trinajstić information content (AvgIpc) is 3.23. The normalized spacial score (nSPS) is 10.9. The van der Waals surface area contributed by atoms with Crippen molar-refractivity contribution >= 4 is 11.3 Å². The van der Waals surface area contributed by atoms with E-state index in [1.54, 1.807) is 14.2 Å². The SMILES string of the molecule is COc1ccc(-c2ccc(NC=C(C#N)c3nn[nH]n3)cc2)c(OC)c1. The molecule has 0 saturated heterocycles. The van der Waals surface area contributed by atoms with Crippen LogP contribution in [0.4, 0.5) is 5.69 Å². The summed E-state index contributed by atoms with van der Waals surface area (Å²) in [7, 11) is 3.24. The van der Waals surface area contributed by atoms with Gasteiger partial charge in [0, 0.05) is 23.5 Å². The molecule has 26 heavy (non-hydrogen) atoms. The summed E-state index contributed by atoms with van der Waals surface area (Å²) in [6.07, 6.45) is 1.54. The predicted octanol–water partition coefficient (Wildman–Crippen LogP) is 2.86. The molecule has 0 amide bonds. The molecule has 2 N–H and O–H groups in total. The number of hydrogen-bond donors (Lipinski definition) is 2. The van der Waals surface area contributed by atoms with E-state index in [2.05, 4.69) is 25.9 Å². The first kappa shape index (κ1) is 17.0. The van der Waals surface area contributed by atoms with E-state index in [4.69, 9.17) is 14.7 Å². The minimum atomic E-state index is 0.236. The second kappa shape index (κ2) is 7.81. The number of hydrogen-bond acceptors (Lipinski definition) is 7. The van der Waals surface area contributed by atoms with Gasteiger partial charge in [0.1, 0.15) is 23.1 Å². The Morgan fingerprint density at radius 3 is 2.58 bits per heavy atom. The minimum absolute atomic E-state index is 0.236. The molecule has 0 aliphatic rings. The number of nitrogens with zero attached hydrogens (tertiary/aromatic N) is 4. The topological polar surface area (TPSA) is 109 Å². The number of ether oxygens (including phenoxy) is 2. The highest BCUT2D eigenvalue weighted by Crippen LogP contribution is 2.33. The minimum Gasteiger partial charge on any atom is -0.497 e. The molecule has 0 aliphatic heterocycles. The Kier molecular flexibility index (Phi) is 5.10. The smallest absolute Gasteiger partial charge is 0.216 e. The maximum absolute atomic E-state index is 9.16. The van der Waals surface area contributed by atoms with E-state index >= 15 is 0 Å². The summed E-state index contributed by atoms with van der Waals surface area (Å²) in [5.74, 6) is 1.70. The molecule has 2 aromatic carbocycles. The fraction of sp³-hybridized carbons (Fsp3) is 0.111. The van der Waals surface area contributed by atoms with Crippen LogP contribution in [0.25, 0.3) is 16.7 Å². The number of methoxy groups -OCH3 is 2. The largest absolute Gasteiger partial charge is 0.497 e. The van der Waals surface area contributed by atoms with Gasteiger partial charge in [-0.05, 0) is 35.0 Å². The van der Waals surface area contributed by atoms with Crippen LogP contribution < -0.4 is 14.8 Å². The number of allylic oxidation sites excluding steroid dienone is 1. The zero-order valence-corrected chi connectivity index (χ0v) is 14.2. The highest BCUT2D eigenvalue weighted by molar-refractivity contribution is 5.75. The molecular weight excluding hydrogens is 332 g/mol. The molecule has 0 aliphatic carbocycles. The lowest BCUT2D eigenvalue weighted by atomic mass is 10.0. The Morgan fingerprint density at radius 1 is 1.15 bits per heavy atom. The van der Waals surface area contributed by atoms with Crippen molar-refractivity contribution in [2.45, 2.75) is 0 Å². The highest BCUT2D eigenvalue weighted by atomic mass is 16.5. The number of aromatic amines is 1. The summed E-state index contributed by atoms with van der Waals surface area (Å²) in [5, 5.41) is 25.5. The Morgan fingerprint density at radius 2 is 1.96 bits per heavy atom. The van der Waals surface area contributed by atoms with Gasteiger partial charge in [-0.2, -0.15) is 10.5 Å². The van der Waals surface area contributed by atoms with Crippen LogP contribution in [0.5, 0.6) is 11.5 Å². The van der Waals surface area contributed by atoms with Crippen LogP contribution in [0, 0.1) is 11.3 Å². The molecule has 0 spiro atoms. The Bertz CT molecular complexity index is 943. The standard InChI is InChI=1S/C18H16N6O2/c1-25-15-7-8-16(17(9-15)26-2)12-3-5-14(6-4-12)20-11-13(10-19)18-21-23-24-22-18/h3-9,11,20H,1-2H3,(H,21,22,23,24). The highest BCUT2D eigenvalue weighted by Gasteiger charge is 2.08. The van der Waals surface area contributed by atoms with Crippen molar-refractivity contribution in [3.8, 4) is 28.7 Å². The Balaban J connectivity index is 1.80. The molecule has 1 aromatic heterocycles. The lowest BCUT2D eigenvalue weighted by molar-refractivity contribution is 0.395. The summed E-state index contributed by atoms with van der Waals surface area (Å²) in [6.45, 7) is 0. The Hall–Kier alpha value is -3.86. The summed E-state index contributed by atoms with van der Waals surface area (Å²) in [4.78, 5) is 0. The van der Waals surface area contributed by atoms with Crippen LogP contribution in [-0.2, 0) is 0 Å². The first-order chi connectivity index (χ1) is 12.7. The summed E-state index contributed by atoms with van der Waals surface area (Å²) in [5.41, 5.74) is 3.05. The van der Waals surface area contributed by atoms with Crippen molar-refractivity contribution in [2.75, 3.05) is 19.5 Å². The van der Waals surface area contributed by atoms with Gasteiger partial charge < -0.3 is 14.8 Å². The number of nitrogens with one attached hydrogen (secondary N) is 2. The zero-order chi connectivity index (χ0) is 18.4. The van der Waals surface area contributed by atoms with Gasteiger partial charge in [-0.1, -0.05) is 12.1 Å². The Labute approximate surface area is 150 Å². The van der Waals surface area contributed by atoms with Crippen LogP contribution in [0.2, 0.25) is 0 Å². The van der Waals surface area contributed by atoms with Gasteiger partial charge in [-0.3, -0.25) is 0 Å². The average molecular weight is 348 g/mol. The van der Waals surface area contributed by atoms with Gasteiger partial charge in [0.05, 0.1) is 14.2 Å². The maximum Gasteiger partial charge on any atom is 0.216 e. The van der Waals surface area contributed by atoms with Gasteiger partial charge in [0.2, 0.25) is 5.82 Å². The lowest BCUT2D eigenvalue weighted by Crippen LogP contribution is -1.93. The summed E-state index contributed by atoms with van der Waals surface area (Å²) < 4.78 is 10.7. The van der Waals surface area contributed by atoms with E-state index in [1.165, 1.54) is 6.20 Å². The van der Waals surface area contributed by atoms with Gasteiger partial charge in [-0.25, -0.2) is 0 Å². The number of nitriles is 1. The fourth-order valence-corrected chi connectivity index (χ4v) is 2.36. The lowest BCUT2D eigenvalue weighted by Gasteiger charge is -2.11. The second-order valence-electron chi connectivity index (χ2n) is 5.19. The fourth-order valence-electron chi connectivity index (χ4n) is 2.36. The number of H-pyrrole nitrogens is 1. The molecule has 0 atom stereocenters.